The third-order valence-electron chi connectivity index (χ3n) is 1.39. The summed E-state index contributed by atoms with van der Waals surface area (Å²) in [5.41, 5.74) is 0.220. The maximum Gasteiger partial charge on any atom is 0.188 e. The fourth-order valence-corrected chi connectivity index (χ4v) is 1.32. The number of benzene rings is 1. The van der Waals surface area contributed by atoms with Crippen molar-refractivity contribution in [2.24, 2.45) is 5.16 Å². The van der Waals surface area contributed by atoms with Gasteiger partial charge in [0.25, 0.3) is 0 Å². The van der Waals surface area contributed by atoms with Gasteiger partial charge in [-0.1, -0.05) is 28.4 Å². The van der Waals surface area contributed by atoms with Gasteiger partial charge in [-0.15, -0.1) is 0 Å². The molecule has 0 aliphatic carbocycles. The number of hydrogen-bond donors (Lipinski definition) is 1. The molecule has 0 fully saturated rings. The van der Waals surface area contributed by atoms with Crippen LogP contribution in [0.1, 0.15) is 5.56 Å². The first kappa shape index (κ1) is 9.85. The minimum Gasteiger partial charge on any atom is -0.410 e. The van der Waals surface area contributed by atoms with Crippen LogP contribution in [-0.4, -0.2) is 10.9 Å². The fourth-order valence-electron chi connectivity index (χ4n) is 0.818. The Kier molecular flexibility index (Phi) is 3.13. The van der Waals surface area contributed by atoms with E-state index in [-0.39, 0.29) is 10.7 Å². The smallest absolute Gasteiger partial charge is 0.188 e. The van der Waals surface area contributed by atoms with Crippen molar-refractivity contribution in [2.45, 2.75) is 0 Å². The van der Waals surface area contributed by atoms with Crippen LogP contribution < -0.4 is 0 Å². The number of rotatable bonds is 1. The molecule has 0 spiro atoms. The number of halogens is 2. The van der Waals surface area contributed by atoms with E-state index in [1.165, 1.54) is 12.1 Å². The molecule has 0 heterocycles. The van der Waals surface area contributed by atoms with E-state index in [4.69, 9.17) is 33.7 Å². The zero-order chi connectivity index (χ0) is 9.84. The Morgan fingerprint density at radius 3 is 2.62 bits per heavy atom. The van der Waals surface area contributed by atoms with Crippen molar-refractivity contribution < 1.29 is 5.21 Å². The minimum absolute atomic E-state index is 0.137. The Balaban J connectivity index is 3.25. The van der Waals surface area contributed by atoms with Gasteiger partial charge in [0.1, 0.15) is 6.07 Å². The molecule has 5 heteroatoms. The lowest BCUT2D eigenvalue weighted by Gasteiger charge is -1.99. The molecule has 0 radical (unpaired) electrons. The molecule has 1 rings (SSSR count). The molecule has 0 aromatic heterocycles. The van der Waals surface area contributed by atoms with Gasteiger partial charge in [-0.2, -0.15) is 5.26 Å². The van der Waals surface area contributed by atoms with Crippen LogP contribution in [0.15, 0.2) is 23.4 Å². The average molecular weight is 215 g/mol. The molecule has 0 saturated heterocycles. The Bertz CT molecular complexity index is 396. The summed E-state index contributed by atoms with van der Waals surface area (Å²) in [5, 5.41) is 20.5. The van der Waals surface area contributed by atoms with Gasteiger partial charge >= 0.3 is 0 Å². The van der Waals surface area contributed by atoms with Crippen molar-refractivity contribution in [3.8, 4) is 6.07 Å². The van der Waals surface area contributed by atoms with Crippen molar-refractivity contribution >= 4 is 28.9 Å². The van der Waals surface area contributed by atoms with Crippen LogP contribution in [0.5, 0.6) is 0 Å². The molecule has 3 nitrogen and oxygen atoms in total. The number of nitrogens with zero attached hydrogens (tertiary/aromatic N) is 2. The molecule has 0 aliphatic heterocycles. The first-order valence-corrected chi connectivity index (χ1v) is 4.02. The van der Waals surface area contributed by atoms with Gasteiger partial charge in [-0.05, 0) is 18.2 Å². The molecule has 0 unspecified atom stereocenters. The second-order valence-electron chi connectivity index (χ2n) is 2.18. The van der Waals surface area contributed by atoms with Crippen molar-refractivity contribution in [1.82, 2.24) is 0 Å². The van der Waals surface area contributed by atoms with Crippen LogP contribution in [-0.2, 0) is 0 Å². The van der Waals surface area contributed by atoms with E-state index in [1.807, 2.05) is 0 Å². The molecule has 0 saturated carbocycles. The summed E-state index contributed by atoms with van der Waals surface area (Å²) < 4.78 is 0. The molecule has 0 bridgehead atoms. The predicted molar refractivity (Wildman–Crippen MR) is 50.4 cm³/mol. The molecular formula is C8H4Cl2N2O. The third kappa shape index (κ3) is 2.11. The van der Waals surface area contributed by atoms with Crippen molar-refractivity contribution in [1.29, 1.82) is 5.26 Å². The van der Waals surface area contributed by atoms with Crippen LogP contribution in [0.2, 0.25) is 10.0 Å². The fraction of sp³-hybridized carbons (Fsp3) is 0. The van der Waals surface area contributed by atoms with Crippen LogP contribution in [0.25, 0.3) is 0 Å². The largest absolute Gasteiger partial charge is 0.410 e. The van der Waals surface area contributed by atoms with Gasteiger partial charge in [0, 0.05) is 10.6 Å². The van der Waals surface area contributed by atoms with E-state index >= 15 is 0 Å². The van der Waals surface area contributed by atoms with E-state index in [9.17, 15) is 0 Å². The maximum atomic E-state index is 8.54. The first-order valence-electron chi connectivity index (χ1n) is 3.26. The number of hydrogen-bond acceptors (Lipinski definition) is 3. The SMILES string of the molecule is N#CC(=NO)c1ccc(Cl)cc1Cl. The zero-order valence-corrected chi connectivity index (χ0v) is 7.84. The van der Waals surface area contributed by atoms with Gasteiger partial charge < -0.3 is 5.21 Å². The maximum absolute atomic E-state index is 8.54. The lowest BCUT2D eigenvalue weighted by molar-refractivity contribution is 0.320. The monoisotopic (exact) mass is 214 g/mol. The van der Waals surface area contributed by atoms with Crippen LogP contribution in [0.3, 0.4) is 0 Å². The molecule has 1 aromatic rings. The molecule has 0 amide bonds. The Labute approximate surface area is 84.8 Å². The molecule has 1 aromatic carbocycles. The summed E-state index contributed by atoms with van der Waals surface area (Å²) in [4.78, 5) is 0. The minimum atomic E-state index is -0.137. The predicted octanol–water partition coefficient (Wildman–Crippen LogP) is 2.70. The average Bonchev–Trinajstić information content (AvgIpc) is 2.10. The second-order valence-corrected chi connectivity index (χ2v) is 3.03. The molecule has 66 valence electrons. The quantitative estimate of drug-likeness (QED) is 0.444. The van der Waals surface area contributed by atoms with Crippen molar-refractivity contribution in [3.63, 3.8) is 0 Å². The highest BCUT2D eigenvalue weighted by atomic mass is 35.5. The van der Waals surface area contributed by atoms with Gasteiger partial charge in [-0.3, -0.25) is 0 Å². The summed E-state index contributed by atoms with van der Waals surface area (Å²) in [5.74, 6) is 0. The molecule has 0 atom stereocenters. The Hall–Kier alpha value is -1.24. The summed E-state index contributed by atoms with van der Waals surface area (Å²) in [7, 11) is 0. The molecule has 1 N–H and O–H groups in total. The highest BCUT2D eigenvalue weighted by Gasteiger charge is 2.07. The third-order valence-corrected chi connectivity index (χ3v) is 1.94. The summed E-state index contributed by atoms with van der Waals surface area (Å²) in [6.07, 6.45) is 0. The van der Waals surface area contributed by atoms with Crippen molar-refractivity contribution in [3.05, 3.63) is 33.8 Å². The molecular weight excluding hydrogens is 211 g/mol. The standard InChI is InChI=1S/C8H4Cl2N2O/c9-5-1-2-6(7(10)3-5)8(4-11)12-13/h1-3,13H. The van der Waals surface area contributed by atoms with Gasteiger partial charge in [0.15, 0.2) is 5.71 Å². The zero-order valence-electron chi connectivity index (χ0n) is 6.33. The summed E-state index contributed by atoms with van der Waals surface area (Å²) in [6.45, 7) is 0. The highest BCUT2D eigenvalue weighted by molar-refractivity contribution is 6.37. The van der Waals surface area contributed by atoms with Crippen molar-refractivity contribution in [2.75, 3.05) is 0 Å². The lowest BCUT2D eigenvalue weighted by atomic mass is 10.1. The van der Waals surface area contributed by atoms with Gasteiger partial charge in [0.05, 0.1) is 5.02 Å². The van der Waals surface area contributed by atoms with Crippen LogP contribution >= 0.6 is 23.2 Å². The normalized spacial score (nSPS) is 11.0. The number of oxime groups is 1. The first-order chi connectivity index (χ1) is 6.19. The van der Waals surface area contributed by atoms with E-state index in [0.29, 0.717) is 10.6 Å². The lowest BCUT2D eigenvalue weighted by Crippen LogP contribution is -1.97. The van der Waals surface area contributed by atoms with Gasteiger partial charge in [0.2, 0.25) is 0 Å². The van der Waals surface area contributed by atoms with E-state index in [0.717, 1.165) is 0 Å². The Morgan fingerprint density at radius 1 is 1.46 bits per heavy atom. The van der Waals surface area contributed by atoms with Gasteiger partial charge in [-0.25, -0.2) is 0 Å². The Morgan fingerprint density at radius 2 is 2.15 bits per heavy atom. The van der Waals surface area contributed by atoms with Crippen LogP contribution in [0, 0.1) is 11.3 Å². The molecule has 0 aliphatic rings. The molecule has 13 heavy (non-hydrogen) atoms. The summed E-state index contributed by atoms with van der Waals surface area (Å²) in [6, 6.07) is 6.25. The van der Waals surface area contributed by atoms with E-state index in [2.05, 4.69) is 5.16 Å². The number of nitriles is 1. The van der Waals surface area contributed by atoms with Crippen LogP contribution in [0.4, 0.5) is 0 Å². The van der Waals surface area contributed by atoms with E-state index in [1.54, 1.807) is 12.1 Å². The topological polar surface area (TPSA) is 56.4 Å². The second kappa shape index (κ2) is 4.13. The van der Waals surface area contributed by atoms with E-state index < -0.39 is 0 Å². The highest BCUT2D eigenvalue weighted by Crippen LogP contribution is 2.21. The summed E-state index contributed by atoms with van der Waals surface area (Å²) >= 11 is 11.4.